The number of hydrogen-bond acceptors (Lipinski definition) is 3. The van der Waals surface area contributed by atoms with Crippen LogP contribution in [0.1, 0.15) is 12.5 Å². The molecule has 3 N–H and O–H groups in total. The second-order valence-electron chi connectivity index (χ2n) is 4.03. The number of thioether (sulfide) groups is 1. The summed E-state index contributed by atoms with van der Waals surface area (Å²) in [5.41, 5.74) is 6.61. The first-order valence-corrected chi connectivity index (χ1v) is 8.75. The van der Waals surface area contributed by atoms with Crippen molar-refractivity contribution in [3.8, 4) is 0 Å². The molecule has 2 aromatic carbocycles. The van der Waals surface area contributed by atoms with E-state index < -0.39 is 0 Å². The van der Waals surface area contributed by atoms with Crippen LogP contribution in [0.2, 0.25) is 0 Å². The third-order valence-corrected chi connectivity index (χ3v) is 5.14. The van der Waals surface area contributed by atoms with Gasteiger partial charge in [-0.25, -0.2) is 0 Å². The van der Waals surface area contributed by atoms with E-state index in [1.54, 1.807) is 23.5 Å². The zero-order valence-corrected chi connectivity index (χ0v) is 14.2. The average molecular weight is 367 g/mol. The quantitative estimate of drug-likeness (QED) is 0.444. The van der Waals surface area contributed by atoms with Crippen LogP contribution in [0.5, 0.6) is 0 Å². The SMILES string of the molecule is CCSc1cccc(Sc2ccc(Br)cc2)c1C(=N)N. The summed E-state index contributed by atoms with van der Waals surface area (Å²) >= 11 is 6.79. The molecule has 0 aliphatic heterocycles. The topological polar surface area (TPSA) is 49.9 Å². The number of rotatable bonds is 5. The van der Waals surface area contributed by atoms with Crippen LogP contribution in [0.4, 0.5) is 0 Å². The summed E-state index contributed by atoms with van der Waals surface area (Å²) in [5, 5.41) is 7.84. The van der Waals surface area contributed by atoms with Crippen molar-refractivity contribution in [2.24, 2.45) is 5.73 Å². The summed E-state index contributed by atoms with van der Waals surface area (Å²) in [7, 11) is 0. The highest BCUT2D eigenvalue weighted by molar-refractivity contribution is 9.10. The zero-order valence-electron chi connectivity index (χ0n) is 11.0. The van der Waals surface area contributed by atoms with Gasteiger partial charge in [-0.2, -0.15) is 0 Å². The van der Waals surface area contributed by atoms with Crippen LogP contribution in [-0.4, -0.2) is 11.6 Å². The molecule has 0 heterocycles. The minimum absolute atomic E-state index is 0.126. The van der Waals surface area contributed by atoms with Gasteiger partial charge in [0.1, 0.15) is 5.84 Å². The Morgan fingerprint density at radius 3 is 2.40 bits per heavy atom. The van der Waals surface area contributed by atoms with E-state index in [0.29, 0.717) is 0 Å². The molecule has 0 fully saturated rings. The fraction of sp³-hybridized carbons (Fsp3) is 0.133. The Labute approximate surface area is 136 Å². The maximum atomic E-state index is 7.84. The smallest absolute Gasteiger partial charge is 0.125 e. The molecule has 0 aliphatic carbocycles. The predicted octanol–water partition coefficient (Wildman–Crippen LogP) is 5.00. The number of amidine groups is 1. The maximum Gasteiger partial charge on any atom is 0.125 e. The molecule has 0 bridgehead atoms. The lowest BCUT2D eigenvalue weighted by Gasteiger charge is -2.12. The van der Waals surface area contributed by atoms with E-state index in [1.165, 1.54) is 0 Å². The molecule has 0 radical (unpaired) electrons. The fourth-order valence-corrected chi connectivity index (χ4v) is 3.94. The van der Waals surface area contributed by atoms with Gasteiger partial charge < -0.3 is 5.73 Å². The molecule has 2 rings (SSSR count). The molecule has 0 atom stereocenters. The van der Waals surface area contributed by atoms with Gasteiger partial charge in [-0.15, -0.1) is 11.8 Å². The van der Waals surface area contributed by atoms with Crippen molar-refractivity contribution in [1.29, 1.82) is 5.41 Å². The number of nitrogen functional groups attached to an aromatic ring is 1. The largest absolute Gasteiger partial charge is 0.384 e. The van der Waals surface area contributed by atoms with Gasteiger partial charge in [-0.3, -0.25) is 5.41 Å². The highest BCUT2D eigenvalue weighted by atomic mass is 79.9. The molecular formula is C15H15BrN2S2. The van der Waals surface area contributed by atoms with Crippen LogP contribution in [0, 0.1) is 5.41 Å². The molecule has 0 aliphatic rings. The van der Waals surface area contributed by atoms with Gasteiger partial charge in [0.25, 0.3) is 0 Å². The minimum Gasteiger partial charge on any atom is -0.384 e. The van der Waals surface area contributed by atoms with E-state index in [-0.39, 0.29) is 5.84 Å². The first-order valence-electron chi connectivity index (χ1n) is 6.15. The third-order valence-electron chi connectivity index (χ3n) is 2.60. The lowest BCUT2D eigenvalue weighted by molar-refractivity contribution is 1.24. The van der Waals surface area contributed by atoms with Crippen molar-refractivity contribution < 1.29 is 0 Å². The molecule has 2 nitrogen and oxygen atoms in total. The van der Waals surface area contributed by atoms with E-state index in [0.717, 1.165) is 30.5 Å². The summed E-state index contributed by atoms with van der Waals surface area (Å²) in [6.07, 6.45) is 0. The van der Waals surface area contributed by atoms with Gasteiger partial charge in [-0.05, 0) is 42.2 Å². The van der Waals surface area contributed by atoms with Gasteiger partial charge in [-0.1, -0.05) is 40.7 Å². The zero-order chi connectivity index (χ0) is 14.5. The molecule has 5 heteroatoms. The van der Waals surface area contributed by atoms with E-state index >= 15 is 0 Å². The third kappa shape index (κ3) is 3.81. The Morgan fingerprint density at radius 1 is 1.15 bits per heavy atom. The van der Waals surface area contributed by atoms with Crippen molar-refractivity contribution in [3.63, 3.8) is 0 Å². The minimum atomic E-state index is 0.126. The summed E-state index contributed by atoms with van der Waals surface area (Å²) in [4.78, 5) is 3.23. The van der Waals surface area contributed by atoms with E-state index in [9.17, 15) is 0 Å². The van der Waals surface area contributed by atoms with Crippen molar-refractivity contribution in [2.75, 3.05) is 5.75 Å². The Hall–Kier alpha value is -0.910. The maximum absolute atomic E-state index is 7.84. The van der Waals surface area contributed by atoms with Crippen LogP contribution in [0.15, 0.2) is 61.6 Å². The van der Waals surface area contributed by atoms with Crippen molar-refractivity contribution >= 4 is 45.3 Å². The van der Waals surface area contributed by atoms with Crippen LogP contribution in [0.3, 0.4) is 0 Å². The molecule has 104 valence electrons. The highest BCUT2D eigenvalue weighted by Crippen LogP contribution is 2.35. The molecule has 20 heavy (non-hydrogen) atoms. The first kappa shape index (κ1) is 15.5. The van der Waals surface area contributed by atoms with E-state index in [2.05, 4.69) is 35.0 Å². The summed E-state index contributed by atoms with van der Waals surface area (Å²) in [6, 6.07) is 14.2. The number of benzene rings is 2. The molecule has 0 unspecified atom stereocenters. The molecule has 0 spiro atoms. The lowest BCUT2D eigenvalue weighted by Crippen LogP contribution is -2.13. The van der Waals surface area contributed by atoms with Gasteiger partial charge >= 0.3 is 0 Å². The number of hydrogen-bond donors (Lipinski definition) is 2. The molecule has 0 amide bonds. The average Bonchev–Trinajstić information content (AvgIpc) is 2.41. The highest BCUT2D eigenvalue weighted by Gasteiger charge is 2.12. The van der Waals surface area contributed by atoms with E-state index in [1.807, 2.05) is 30.3 Å². The van der Waals surface area contributed by atoms with Crippen LogP contribution in [-0.2, 0) is 0 Å². The van der Waals surface area contributed by atoms with Gasteiger partial charge in [0, 0.05) is 24.7 Å². The van der Waals surface area contributed by atoms with Crippen LogP contribution < -0.4 is 5.73 Å². The monoisotopic (exact) mass is 366 g/mol. The normalized spacial score (nSPS) is 10.5. The number of nitrogens with one attached hydrogen (secondary N) is 1. The van der Waals surface area contributed by atoms with Crippen molar-refractivity contribution in [3.05, 3.63) is 52.5 Å². The standard InChI is InChI=1S/C15H15BrN2S2/c1-2-19-12-4-3-5-13(14(12)15(17)18)20-11-8-6-10(16)7-9-11/h3-9H,2H2,1H3,(H3,17,18). The summed E-state index contributed by atoms with van der Waals surface area (Å²) in [6.45, 7) is 2.10. The Kier molecular flexibility index (Phi) is 5.57. The first-order chi connectivity index (χ1) is 9.61. The van der Waals surface area contributed by atoms with Crippen LogP contribution >= 0.6 is 39.5 Å². The Morgan fingerprint density at radius 2 is 1.80 bits per heavy atom. The fourth-order valence-electron chi connectivity index (χ4n) is 1.77. The second kappa shape index (κ2) is 7.20. The summed E-state index contributed by atoms with van der Waals surface area (Å²) in [5.74, 6) is 1.09. The number of nitrogens with two attached hydrogens (primary N) is 1. The van der Waals surface area contributed by atoms with Crippen molar-refractivity contribution in [2.45, 2.75) is 21.6 Å². The predicted molar refractivity (Wildman–Crippen MR) is 92.1 cm³/mol. The Balaban J connectivity index is 2.37. The molecule has 0 aromatic heterocycles. The van der Waals surface area contributed by atoms with E-state index in [4.69, 9.17) is 11.1 Å². The molecule has 0 saturated carbocycles. The second-order valence-corrected chi connectivity index (χ2v) is 7.37. The number of halogens is 1. The van der Waals surface area contributed by atoms with Gasteiger partial charge in [0.15, 0.2) is 0 Å². The van der Waals surface area contributed by atoms with Gasteiger partial charge in [0.05, 0.1) is 0 Å². The molecule has 2 aromatic rings. The Bertz CT molecular complexity index is 612. The van der Waals surface area contributed by atoms with Gasteiger partial charge in [0.2, 0.25) is 0 Å². The van der Waals surface area contributed by atoms with Crippen LogP contribution in [0.25, 0.3) is 0 Å². The van der Waals surface area contributed by atoms with Crippen molar-refractivity contribution in [1.82, 2.24) is 0 Å². The summed E-state index contributed by atoms with van der Waals surface area (Å²) < 4.78 is 1.06. The molecule has 0 saturated heterocycles. The molecular weight excluding hydrogens is 352 g/mol. The lowest BCUT2D eigenvalue weighted by atomic mass is 10.2.